The molecule has 0 amide bonds. The van der Waals surface area contributed by atoms with Crippen LogP contribution in [0.15, 0.2) is 11.2 Å². The van der Waals surface area contributed by atoms with Gasteiger partial charge in [-0.1, -0.05) is 26.2 Å². The minimum atomic E-state index is 0.541. The first-order valence-corrected chi connectivity index (χ1v) is 8.91. The van der Waals surface area contributed by atoms with Gasteiger partial charge in [0.15, 0.2) is 5.82 Å². The summed E-state index contributed by atoms with van der Waals surface area (Å²) in [6.07, 6.45) is 9.35. The van der Waals surface area contributed by atoms with E-state index in [2.05, 4.69) is 39.8 Å². The molecule has 2 heterocycles. The van der Waals surface area contributed by atoms with Crippen molar-refractivity contribution in [2.45, 2.75) is 65.3 Å². The minimum absolute atomic E-state index is 0.541. The molecule has 3 rings (SSSR count). The van der Waals surface area contributed by atoms with Crippen molar-refractivity contribution in [1.29, 1.82) is 0 Å². The fourth-order valence-electron chi connectivity index (χ4n) is 3.63. The Morgan fingerprint density at radius 2 is 2.09 bits per heavy atom. The van der Waals surface area contributed by atoms with Gasteiger partial charge in [0.1, 0.15) is 0 Å². The van der Waals surface area contributed by atoms with Crippen molar-refractivity contribution in [3.05, 3.63) is 33.6 Å². The molecule has 2 aromatic heterocycles. The molecule has 1 N–H and O–H groups in total. The van der Waals surface area contributed by atoms with Gasteiger partial charge < -0.3 is 4.57 Å². The van der Waals surface area contributed by atoms with Gasteiger partial charge in [0.2, 0.25) is 4.77 Å². The zero-order valence-electron chi connectivity index (χ0n) is 14.2. The number of aromatic nitrogens is 4. The van der Waals surface area contributed by atoms with Crippen LogP contribution in [-0.4, -0.2) is 25.7 Å². The summed E-state index contributed by atoms with van der Waals surface area (Å²) in [6.45, 7) is 6.43. The van der Waals surface area contributed by atoms with Crippen molar-refractivity contribution in [2.75, 3.05) is 0 Å². The summed E-state index contributed by atoms with van der Waals surface area (Å²) in [5.41, 5.74) is 3.78. The molecule has 1 fully saturated rings. The molecule has 1 saturated carbocycles. The number of aryl methyl sites for hydroxylation is 2. The maximum absolute atomic E-state index is 5.25. The van der Waals surface area contributed by atoms with Gasteiger partial charge in [-0.05, 0) is 45.0 Å². The van der Waals surface area contributed by atoms with E-state index in [1.165, 1.54) is 49.1 Å². The topological polar surface area (TPSA) is 50.9 Å². The van der Waals surface area contributed by atoms with E-state index < -0.39 is 0 Å². The van der Waals surface area contributed by atoms with Crippen LogP contribution in [0.4, 0.5) is 0 Å². The quantitative estimate of drug-likeness (QED) is 0.670. The van der Waals surface area contributed by atoms with Crippen LogP contribution in [0.5, 0.6) is 0 Å². The molecule has 124 valence electrons. The Morgan fingerprint density at radius 1 is 1.35 bits per heavy atom. The number of nitrogens with one attached hydrogen (secondary N) is 1. The number of nitrogens with zero attached hydrogens (tertiary/aromatic N) is 4. The Balaban J connectivity index is 1.90. The molecule has 0 atom stereocenters. The van der Waals surface area contributed by atoms with Crippen LogP contribution < -0.4 is 0 Å². The Hall–Kier alpha value is -1.69. The van der Waals surface area contributed by atoms with Crippen LogP contribution in [-0.2, 0) is 6.42 Å². The predicted molar refractivity (Wildman–Crippen MR) is 95.8 cm³/mol. The third-order valence-corrected chi connectivity index (χ3v) is 5.07. The molecule has 1 aliphatic rings. The normalized spacial score (nSPS) is 16.5. The number of rotatable bonds is 4. The summed E-state index contributed by atoms with van der Waals surface area (Å²) in [5.74, 6) is 0.854. The lowest BCUT2D eigenvalue weighted by Gasteiger charge is -2.26. The molecule has 5 nitrogen and oxygen atoms in total. The van der Waals surface area contributed by atoms with Crippen LogP contribution in [0.3, 0.4) is 0 Å². The molecule has 0 bridgehead atoms. The van der Waals surface area contributed by atoms with E-state index in [9.17, 15) is 0 Å². The number of hydrogen-bond donors (Lipinski definition) is 1. The number of aromatic amines is 1. The van der Waals surface area contributed by atoms with Gasteiger partial charge in [-0.3, -0.25) is 5.10 Å². The summed E-state index contributed by atoms with van der Waals surface area (Å²) in [4.78, 5) is 0. The van der Waals surface area contributed by atoms with E-state index in [1.807, 2.05) is 13.1 Å². The fraction of sp³-hybridized carbons (Fsp3) is 0.588. The maximum atomic E-state index is 5.25. The lowest BCUT2D eigenvalue weighted by atomic mass is 9.95. The van der Waals surface area contributed by atoms with Gasteiger partial charge in [0.25, 0.3) is 0 Å². The largest absolute Gasteiger partial charge is 0.345 e. The van der Waals surface area contributed by atoms with Crippen LogP contribution >= 0.6 is 12.2 Å². The average Bonchev–Trinajstić information content (AvgIpc) is 3.05. The maximum Gasteiger partial charge on any atom is 0.216 e. The molecule has 0 spiro atoms. The SMILES string of the molecule is CCc1n[nH]c(=S)n1/N=C\c1cc(C)n(C2CCCCC2)c1C. The first-order valence-electron chi connectivity index (χ1n) is 8.51. The molecular formula is C17H25N5S. The molecule has 23 heavy (non-hydrogen) atoms. The van der Waals surface area contributed by atoms with Crippen LogP contribution in [0.2, 0.25) is 0 Å². The average molecular weight is 331 g/mol. The summed E-state index contributed by atoms with van der Waals surface area (Å²) in [7, 11) is 0. The highest BCUT2D eigenvalue weighted by atomic mass is 32.1. The zero-order chi connectivity index (χ0) is 16.4. The van der Waals surface area contributed by atoms with E-state index in [1.54, 1.807) is 4.68 Å². The molecule has 0 aliphatic heterocycles. The van der Waals surface area contributed by atoms with E-state index in [0.29, 0.717) is 10.8 Å². The van der Waals surface area contributed by atoms with Crippen molar-refractivity contribution in [3.8, 4) is 0 Å². The van der Waals surface area contributed by atoms with Gasteiger partial charge >= 0.3 is 0 Å². The van der Waals surface area contributed by atoms with E-state index in [4.69, 9.17) is 12.2 Å². The molecule has 0 unspecified atom stereocenters. The second kappa shape index (κ2) is 6.83. The summed E-state index contributed by atoms with van der Waals surface area (Å²) in [6, 6.07) is 2.87. The predicted octanol–water partition coefficient (Wildman–Crippen LogP) is 4.31. The van der Waals surface area contributed by atoms with Crippen molar-refractivity contribution in [2.24, 2.45) is 5.10 Å². The number of H-pyrrole nitrogens is 1. The Kier molecular flexibility index (Phi) is 4.80. The Morgan fingerprint density at radius 3 is 2.78 bits per heavy atom. The van der Waals surface area contributed by atoms with E-state index in [-0.39, 0.29) is 0 Å². The van der Waals surface area contributed by atoms with Gasteiger partial charge in [-0.2, -0.15) is 14.9 Å². The van der Waals surface area contributed by atoms with Crippen LogP contribution in [0.1, 0.15) is 67.8 Å². The minimum Gasteiger partial charge on any atom is -0.345 e. The standard InChI is InChI=1S/C17H25N5S/c1-4-16-19-20-17(23)22(16)18-11-14-10-12(2)21(13(14)3)15-8-6-5-7-9-15/h10-11,15H,4-9H2,1-3H3,(H,20,23)/b18-11-. The van der Waals surface area contributed by atoms with Gasteiger partial charge in [0.05, 0.1) is 6.21 Å². The monoisotopic (exact) mass is 331 g/mol. The third kappa shape index (κ3) is 3.17. The third-order valence-electron chi connectivity index (χ3n) is 4.81. The molecule has 6 heteroatoms. The van der Waals surface area contributed by atoms with Crippen molar-refractivity contribution < 1.29 is 0 Å². The lowest BCUT2D eigenvalue weighted by Crippen LogP contribution is -2.15. The van der Waals surface area contributed by atoms with E-state index in [0.717, 1.165) is 12.2 Å². The van der Waals surface area contributed by atoms with Crippen molar-refractivity contribution in [1.82, 2.24) is 19.4 Å². The summed E-state index contributed by atoms with van der Waals surface area (Å²) in [5, 5.41) is 11.5. The van der Waals surface area contributed by atoms with Crippen LogP contribution in [0.25, 0.3) is 0 Å². The highest BCUT2D eigenvalue weighted by Gasteiger charge is 2.19. The molecule has 0 aromatic carbocycles. The summed E-state index contributed by atoms with van der Waals surface area (Å²) >= 11 is 5.25. The molecule has 0 radical (unpaired) electrons. The second-order valence-electron chi connectivity index (χ2n) is 6.34. The van der Waals surface area contributed by atoms with Gasteiger partial charge in [-0.25, -0.2) is 0 Å². The van der Waals surface area contributed by atoms with Crippen molar-refractivity contribution in [3.63, 3.8) is 0 Å². The summed E-state index contributed by atoms with van der Waals surface area (Å²) < 4.78 is 4.75. The number of hydrogen-bond acceptors (Lipinski definition) is 3. The van der Waals surface area contributed by atoms with Gasteiger partial charge in [-0.15, -0.1) is 0 Å². The lowest BCUT2D eigenvalue weighted by molar-refractivity contribution is 0.346. The fourth-order valence-corrected chi connectivity index (χ4v) is 3.82. The molecule has 0 saturated heterocycles. The highest BCUT2D eigenvalue weighted by molar-refractivity contribution is 7.71. The first-order chi connectivity index (χ1) is 11.1. The van der Waals surface area contributed by atoms with Gasteiger partial charge in [0, 0.05) is 29.4 Å². The zero-order valence-corrected chi connectivity index (χ0v) is 15.0. The smallest absolute Gasteiger partial charge is 0.216 e. The van der Waals surface area contributed by atoms with Crippen molar-refractivity contribution >= 4 is 18.4 Å². The second-order valence-corrected chi connectivity index (χ2v) is 6.73. The molecule has 2 aromatic rings. The molecule has 1 aliphatic carbocycles. The highest BCUT2D eigenvalue weighted by Crippen LogP contribution is 2.31. The Labute approximate surface area is 142 Å². The first kappa shape index (κ1) is 16.2. The molecular weight excluding hydrogens is 306 g/mol. The van der Waals surface area contributed by atoms with Crippen LogP contribution in [0, 0.1) is 18.6 Å². The Bertz CT molecular complexity index is 759. The van der Waals surface area contributed by atoms with E-state index >= 15 is 0 Å².